The lowest BCUT2D eigenvalue weighted by atomic mass is 10.3. The highest BCUT2D eigenvalue weighted by molar-refractivity contribution is 7.89. The van der Waals surface area contributed by atoms with Crippen LogP contribution in [0.5, 0.6) is 0 Å². The van der Waals surface area contributed by atoms with E-state index in [1.165, 1.54) is 18.5 Å². The molecule has 0 radical (unpaired) electrons. The molecule has 1 aromatic carbocycles. The highest BCUT2D eigenvalue weighted by atomic mass is 32.2. The van der Waals surface area contributed by atoms with Crippen LogP contribution in [-0.4, -0.2) is 28.2 Å². The van der Waals surface area contributed by atoms with Crippen LogP contribution in [0.3, 0.4) is 0 Å². The SMILES string of the molecule is C[C@@H](NS(=O)(=O)c1ccc2[nH]c(=O)sc2c1)c1nncn1C. The van der Waals surface area contributed by atoms with Crippen LogP contribution in [0, 0.1) is 0 Å². The maximum Gasteiger partial charge on any atom is 0.305 e. The molecule has 3 aromatic rings. The zero-order valence-electron chi connectivity index (χ0n) is 11.8. The number of rotatable bonds is 4. The van der Waals surface area contributed by atoms with Crippen LogP contribution >= 0.6 is 11.3 Å². The summed E-state index contributed by atoms with van der Waals surface area (Å²) in [5.74, 6) is 0.510. The number of nitrogens with zero attached hydrogens (tertiary/aromatic N) is 3. The molecule has 0 aliphatic carbocycles. The average Bonchev–Trinajstić information content (AvgIpc) is 3.01. The highest BCUT2D eigenvalue weighted by Crippen LogP contribution is 2.21. The molecule has 0 spiro atoms. The van der Waals surface area contributed by atoms with Gasteiger partial charge in [0.2, 0.25) is 10.0 Å². The van der Waals surface area contributed by atoms with Crippen LogP contribution in [0.15, 0.2) is 34.2 Å². The molecule has 0 fully saturated rings. The summed E-state index contributed by atoms with van der Waals surface area (Å²) in [5.41, 5.74) is 0.621. The Balaban J connectivity index is 1.94. The second kappa shape index (κ2) is 5.30. The van der Waals surface area contributed by atoms with Crippen LogP contribution < -0.4 is 9.60 Å². The molecular weight excluding hydrogens is 326 g/mol. The van der Waals surface area contributed by atoms with Crippen molar-refractivity contribution in [3.63, 3.8) is 0 Å². The molecule has 0 aliphatic rings. The topological polar surface area (TPSA) is 110 Å². The van der Waals surface area contributed by atoms with Crippen LogP contribution in [0.25, 0.3) is 10.2 Å². The minimum absolute atomic E-state index is 0.101. The number of hydrogen-bond acceptors (Lipinski definition) is 6. The predicted octanol–water partition coefficient (Wildman–Crippen LogP) is 0.758. The normalized spacial score (nSPS) is 13.5. The van der Waals surface area contributed by atoms with E-state index in [0.717, 1.165) is 11.3 Å². The summed E-state index contributed by atoms with van der Waals surface area (Å²) in [6.45, 7) is 1.69. The van der Waals surface area contributed by atoms with Gasteiger partial charge in [0.05, 0.1) is 21.2 Å². The van der Waals surface area contributed by atoms with Gasteiger partial charge in [-0.25, -0.2) is 13.1 Å². The van der Waals surface area contributed by atoms with Crippen molar-refractivity contribution >= 4 is 31.6 Å². The van der Waals surface area contributed by atoms with Gasteiger partial charge in [-0.1, -0.05) is 11.3 Å². The maximum atomic E-state index is 12.4. The van der Waals surface area contributed by atoms with E-state index in [9.17, 15) is 13.2 Å². The molecule has 1 atom stereocenters. The van der Waals surface area contributed by atoms with Gasteiger partial charge >= 0.3 is 4.87 Å². The lowest BCUT2D eigenvalue weighted by molar-refractivity contribution is 0.553. The maximum absolute atomic E-state index is 12.4. The van der Waals surface area contributed by atoms with E-state index < -0.39 is 16.1 Å². The molecule has 0 amide bonds. The van der Waals surface area contributed by atoms with Crippen molar-refractivity contribution in [2.75, 3.05) is 0 Å². The Labute approximate surface area is 129 Å². The van der Waals surface area contributed by atoms with Crippen molar-refractivity contribution in [1.82, 2.24) is 24.5 Å². The zero-order chi connectivity index (χ0) is 15.9. The molecule has 0 saturated heterocycles. The number of aryl methyl sites for hydroxylation is 1. The predicted molar refractivity (Wildman–Crippen MR) is 82.2 cm³/mol. The number of sulfonamides is 1. The Morgan fingerprint density at radius 1 is 1.41 bits per heavy atom. The zero-order valence-corrected chi connectivity index (χ0v) is 13.4. The van der Waals surface area contributed by atoms with Crippen molar-refractivity contribution in [3.8, 4) is 0 Å². The monoisotopic (exact) mass is 339 g/mol. The third-order valence-electron chi connectivity index (χ3n) is 3.17. The molecule has 0 bridgehead atoms. The first-order valence-corrected chi connectivity index (χ1v) is 8.66. The second-order valence-corrected chi connectivity index (χ2v) is 7.54. The number of thiazole rings is 1. The number of benzene rings is 1. The molecule has 0 saturated carbocycles. The highest BCUT2D eigenvalue weighted by Gasteiger charge is 2.21. The Morgan fingerprint density at radius 3 is 2.86 bits per heavy atom. The van der Waals surface area contributed by atoms with Gasteiger partial charge in [-0.2, -0.15) is 0 Å². The molecule has 8 nitrogen and oxygen atoms in total. The third-order valence-corrected chi connectivity index (χ3v) is 5.55. The smallest absolute Gasteiger partial charge is 0.305 e. The first kappa shape index (κ1) is 14.9. The largest absolute Gasteiger partial charge is 0.319 e. The Hall–Kier alpha value is -2.04. The number of H-pyrrole nitrogens is 1. The van der Waals surface area contributed by atoms with E-state index in [2.05, 4.69) is 19.9 Å². The fraction of sp³-hybridized carbons (Fsp3) is 0.250. The van der Waals surface area contributed by atoms with Crippen molar-refractivity contribution in [1.29, 1.82) is 0 Å². The van der Waals surface area contributed by atoms with E-state index in [0.29, 0.717) is 16.0 Å². The molecule has 2 heterocycles. The second-order valence-electron chi connectivity index (χ2n) is 4.82. The van der Waals surface area contributed by atoms with Crippen LogP contribution in [0.1, 0.15) is 18.8 Å². The summed E-state index contributed by atoms with van der Waals surface area (Å²) >= 11 is 0.972. The third kappa shape index (κ3) is 2.67. The minimum Gasteiger partial charge on any atom is -0.319 e. The van der Waals surface area contributed by atoms with Gasteiger partial charge in [-0.3, -0.25) is 4.79 Å². The summed E-state index contributed by atoms with van der Waals surface area (Å²) in [6.07, 6.45) is 1.50. The fourth-order valence-corrected chi connectivity index (χ4v) is 4.21. The number of nitrogens with one attached hydrogen (secondary N) is 2. The van der Waals surface area contributed by atoms with E-state index in [1.54, 1.807) is 24.6 Å². The van der Waals surface area contributed by atoms with Crippen LogP contribution in [0.4, 0.5) is 0 Å². The molecule has 2 N–H and O–H groups in total. The number of aromatic nitrogens is 4. The number of fused-ring (bicyclic) bond motifs is 1. The lowest BCUT2D eigenvalue weighted by Gasteiger charge is -2.13. The van der Waals surface area contributed by atoms with E-state index in [4.69, 9.17) is 0 Å². The van der Waals surface area contributed by atoms with Crippen molar-refractivity contribution < 1.29 is 8.42 Å². The summed E-state index contributed by atoms with van der Waals surface area (Å²) in [6, 6.07) is 3.98. The van der Waals surface area contributed by atoms with Gasteiger partial charge < -0.3 is 9.55 Å². The Bertz CT molecular complexity index is 986. The van der Waals surface area contributed by atoms with Gasteiger partial charge in [-0.15, -0.1) is 10.2 Å². The summed E-state index contributed by atoms with van der Waals surface area (Å²) in [7, 11) is -1.99. The molecule has 10 heteroatoms. The van der Waals surface area contributed by atoms with Crippen molar-refractivity contribution in [3.05, 3.63) is 40.0 Å². The van der Waals surface area contributed by atoms with Gasteiger partial charge in [0, 0.05) is 7.05 Å². The van der Waals surface area contributed by atoms with Crippen molar-refractivity contribution in [2.45, 2.75) is 17.9 Å². The Morgan fingerprint density at radius 2 is 2.18 bits per heavy atom. The van der Waals surface area contributed by atoms with E-state index in [-0.39, 0.29) is 9.77 Å². The van der Waals surface area contributed by atoms with Gasteiger partial charge in [-0.05, 0) is 25.1 Å². The lowest BCUT2D eigenvalue weighted by Crippen LogP contribution is -2.28. The molecule has 2 aromatic heterocycles. The average molecular weight is 339 g/mol. The molecule has 116 valence electrons. The summed E-state index contributed by atoms with van der Waals surface area (Å²) in [4.78, 5) is 13.8. The van der Waals surface area contributed by atoms with Crippen LogP contribution in [0.2, 0.25) is 0 Å². The van der Waals surface area contributed by atoms with Crippen LogP contribution in [-0.2, 0) is 17.1 Å². The van der Waals surface area contributed by atoms with Gasteiger partial charge in [0.25, 0.3) is 0 Å². The number of hydrogen-bond donors (Lipinski definition) is 2. The van der Waals surface area contributed by atoms with Crippen molar-refractivity contribution in [2.24, 2.45) is 7.05 Å². The van der Waals surface area contributed by atoms with E-state index >= 15 is 0 Å². The van der Waals surface area contributed by atoms with Gasteiger partial charge in [0.15, 0.2) is 0 Å². The number of aromatic amines is 1. The minimum atomic E-state index is -3.72. The molecule has 3 rings (SSSR count). The Kier molecular flexibility index (Phi) is 3.59. The summed E-state index contributed by atoms with van der Waals surface area (Å²) in [5, 5.41) is 7.62. The molecule has 0 aliphatic heterocycles. The quantitative estimate of drug-likeness (QED) is 0.729. The van der Waals surface area contributed by atoms with E-state index in [1.807, 2.05) is 0 Å². The first-order valence-electron chi connectivity index (χ1n) is 6.36. The fourth-order valence-electron chi connectivity index (χ4n) is 2.13. The molecule has 22 heavy (non-hydrogen) atoms. The molecular formula is C12H13N5O3S2. The molecule has 0 unspecified atom stereocenters. The summed E-state index contributed by atoms with van der Waals surface area (Å²) < 4.78 is 29.7. The van der Waals surface area contributed by atoms with Gasteiger partial charge in [0.1, 0.15) is 12.2 Å². The first-order chi connectivity index (χ1) is 10.4. The standard InChI is InChI=1S/C12H13N5O3S2/c1-7(11-15-13-6-17(11)2)16-22(19,20)8-3-4-9-10(5-8)21-12(18)14-9/h3-7,16H,1-2H3,(H,14,18)/t7-/m1/s1.